The second-order valence-corrected chi connectivity index (χ2v) is 7.69. The molecule has 160 valence electrons. The summed E-state index contributed by atoms with van der Waals surface area (Å²) in [5.41, 5.74) is 2.57. The first-order valence-electron chi connectivity index (χ1n) is 10.3. The molecule has 0 aliphatic carbocycles. The number of carbonyl (C=O) groups is 1. The number of fused-ring (bicyclic) bond motifs is 1. The summed E-state index contributed by atoms with van der Waals surface area (Å²) in [6.07, 6.45) is 1.92. The van der Waals surface area contributed by atoms with E-state index in [0.717, 1.165) is 42.2 Å². The third-order valence-electron chi connectivity index (χ3n) is 5.68. The lowest BCUT2D eigenvalue weighted by atomic mass is 10.0. The number of nitrogens with zero attached hydrogens (tertiary/aromatic N) is 2. The molecule has 2 aromatic carbocycles. The fourth-order valence-corrected chi connectivity index (χ4v) is 4.00. The molecule has 1 fully saturated rings. The Morgan fingerprint density at radius 2 is 2.00 bits per heavy atom. The van der Waals surface area contributed by atoms with E-state index in [1.165, 1.54) is 0 Å². The van der Waals surface area contributed by atoms with E-state index in [9.17, 15) is 4.79 Å². The number of aromatic nitrogens is 2. The Kier molecular flexibility index (Phi) is 5.11. The highest BCUT2D eigenvalue weighted by molar-refractivity contribution is 5.95. The number of carbonyl (C=O) groups excluding carboxylic acids is 1. The van der Waals surface area contributed by atoms with Crippen LogP contribution < -0.4 is 24.4 Å². The molecule has 8 nitrogen and oxygen atoms in total. The van der Waals surface area contributed by atoms with E-state index >= 15 is 0 Å². The van der Waals surface area contributed by atoms with Crippen LogP contribution in [-0.2, 0) is 0 Å². The topological polar surface area (TPSA) is 88.7 Å². The number of hydrogen-bond acceptors (Lipinski definition) is 6. The van der Waals surface area contributed by atoms with Gasteiger partial charge in [-0.05, 0) is 60.9 Å². The van der Waals surface area contributed by atoms with Crippen molar-refractivity contribution in [2.45, 2.75) is 18.9 Å². The molecule has 0 unspecified atom stereocenters. The molecular weight excluding hydrogens is 396 g/mol. The molecule has 1 aromatic heterocycles. The summed E-state index contributed by atoms with van der Waals surface area (Å²) in [5.74, 6) is 2.88. The molecule has 0 bridgehead atoms. The smallest absolute Gasteiger partial charge is 0.251 e. The Hall–Kier alpha value is -3.68. The minimum absolute atomic E-state index is 0.0489. The highest BCUT2D eigenvalue weighted by Gasteiger charge is 2.24. The van der Waals surface area contributed by atoms with Crippen LogP contribution in [0.2, 0.25) is 0 Å². The number of hydrogen-bond donors (Lipinski definition) is 2. The number of H-pyrrole nitrogens is 1. The van der Waals surface area contributed by atoms with Gasteiger partial charge < -0.3 is 24.4 Å². The molecule has 5 rings (SSSR count). The zero-order valence-electron chi connectivity index (χ0n) is 17.3. The lowest BCUT2D eigenvalue weighted by molar-refractivity contribution is 0.0932. The van der Waals surface area contributed by atoms with Crippen molar-refractivity contribution in [1.29, 1.82) is 0 Å². The van der Waals surface area contributed by atoms with Crippen molar-refractivity contribution in [2.24, 2.45) is 0 Å². The summed E-state index contributed by atoms with van der Waals surface area (Å²) in [4.78, 5) is 14.9. The van der Waals surface area contributed by atoms with E-state index in [4.69, 9.17) is 14.2 Å². The average molecular weight is 420 g/mol. The standard InChI is InChI=1S/C23H24N4O4/c1-29-18-7-4-15(5-8-18)19-12-22(26-25-19)27-10-2-3-17(13-27)24-23(28)16-6-9-20-21(11-16)31-14-30-20/h4-9,11-12,17H,2-3,10,13-14H2,1H3,(H,24,28)(H,25,26)/t17-/m0/s1. The largest absolute Gasteiger partial charge is 0.497 e. The third kappa shape index (κ3) is 4.01. The Labute approximate surface area is 180 Å². The van der Waals surface area contributed by atoms with Crippen LogP contribution >= 0.6 is 0 Å². The highest BCUT2D eigenvalue weighted by atomic mass is 16.7. The van der Waals surface area contributed by atoms with E-state index in [-0.39, 0.29) is 18.7 Å². The van der Waals surface area contributed by atoms with Crippen molar-refractivity contribution in [1.82, 2.24) is 15.5 Å². The van der Waals surface area contributed by atoms with Gasteiger partial charge in [-0.2, -0.15) is 5.10 Å². The molecule has 0 saturated carbocycles. The predicted octanol–water partition coefficient (Wildman–Crippen LogP) is 3.21. The summed E-state index contributed by atoms with van der Waals surface area (Å²) >= 11 is 0. The maximum absolute atomic E-state index is 12.7. The Morgan fingerprint density at radius 3 is 2.84 bits per heavy atom. The summed E-state index contributed by atoms with van der Waals surface area (Å²) in [6, 6.07) is 15.2. The van der Waals surface area contributed by atoms with Crippen molar-refractivity contribution in [3.8, 4) is 28.5 Å². The number of rotatable bonds is 5. The molecule has 2 aliphatic rings. The van der Waals surface area contributed by atoms with Crippen molar-refractivity contribution < 1.29 is 19.0 Å². The van der Waals surface area contributed by atoms with E-state index in [1.807, 2.05) is 30.3 Å². The van der Waals surface area contributed by atoms with Crippen LogP contribution in [0.25, 0.3) is 11.3 Å². The van der Waals surface area contributed by atoms with Crippen LogP contribution in [0.5, 0.6) is 17.2 Å². The first-order chi connectivity index (χ1) is 15.2. The molecular formula is C23H24N4O4. The van der Waals surface area contributed by atoms with Crippen LogP contribution in [0.1, 0.15) is 23.2 Å². The zero-order chi connectivity index (χ0) is 21.2. The molecule has 2 N–H and O–H groups in total. The zero-order valence-corrected chi connectivity index (χ0v) is 17.3. The number of benzene rings is 2. The fraction of sp³-hybridized carbons (Fsp3) is 0.304. The van der Waals surface area contributed by atoms with Crippen molar-refractivity contribution in [2.75, 3.05) is 31.9 Å². The number of aromatic amines is 1. The first kappa shape index (κ1) is 19.3. The number of ether oxygens (including phenoxy) is 3. The SMILES string of the molecule is COc1ccc(-c2cc(N3CCC[C@H](NC(=O)c4ccc5c(c4)OCO5)C3)n[nH]2)cc1. The van der Waals surface area contributed by atoms with Gasteiger partial charge >= 0.3 is 0 Å². The lowest BCUT2D eigenvalue weighted by Crippen LogP contribution is -2.48. The molecule has 3 aromatic rings. The van der Waals surface area contributed by atoms with Gasteiger partial charge in [-0.3, -0.25) is 9.89 Å². The van der Waals surface area contributed by atoms with Gasteiger partial charge in [-0.1, -0.05) is 0 Å². The normalized spacial score (nSPS) is 17.5. The average Bonchev–Trinajstić information content (AvgIpc) is 3.49. The van der Waals surface area contributed by atoms with Gasteiger partial charge in [0.15, 0.2) is 17.3 Å². The second kappa shape index (κ2) is 8.22. The van der Waals surface area contributed by atoms with Gasteiger partial charge in [0.1, 0.15) is 5.75 Å². The van der Waals surface area contributed by atoms with E-state index in [1.54, 1.807) is 25.3 Å². The van der Waals surface area contributed by atoms with Crippen LogP contribution in [0, 0.1) is 0 Å². The quantitative estimate of drug-likeness (QED) is 0.659. The summed E-state index contributed by atoms with van der Waals surface area (Å²) in [6.45, 7) is 1.81. The maximum atomic E-state index is 12.7. The predicted molar refractivity (Wildman–Crippen MR) is 116 cm³/mol. The van der Waals surface area contributed by atoms with Gasteiger partial charge in [-0.15, -0.1) is 0 Å². The van der Waals surface area contributed by atoms with Crippen molar-refractivity contribution in [3.05, 3.63) is 54.1 Å². The summed E-state index contributed by atoms with van der Waals surface area (Å²) < 4.78 is 15.9. The molecule has 0 radical (unpaired) electrons. The Bertz CT molecular complexity index is 1080. The highest BCUT2D eigenvalue weighted by Crippen LogP contribution is 2.32. The summed E-state index contributed by atoms with van der Waals surface area (Å²) in [7, 11) is 1.65. The molecule has 2 aliphatic heterocycles. The molecule has 1 amide bonds. The van der Waals surface area contributed by atoms with Gasteiger partial charge in [0.05, 0.1) is 12.8 Å². The molecule has 0 spiro atoms. The fourth-order valence-electron chi connectivity index (χ4n) is 4.00. The van der Waals surface area contributed by atoms with Gasteiger partial charge in [-0.25, -0.2) is 0 Å². The number of amides is 1. The van der Waals surface area contributed by atoms with Gasteiger partial charge in [0, 0.05) is 30.8 Å². The first-order valence-corrected chi connectivity index (χ1v) is 10.3. The number of anilines is 1. The molecule has 8 heteroatoms. The monoisotopic (exact) mass is 420 g/mol. The minimum atomic E-state index is -0.105. The molecule has 3 heterocycles. The lowest BCUT2D eigenvalue weighted by Gasteiger charge is -2.33. The van der Waals surface area contributed by atoms with Gasteiger partial charge in [0.25, 0.3) is 5.91 Å². The maximum Gasteiger partial charge on any atom is 0.251 e. The van der Waals surface area contributed by atoms with Crippen LogP contribution in [0.4, 0.5) is 5.82 Å². The number of nitrogens with one attached hydrogen (secondary N) is 2. The second-order valence-electron chi connectivity index (χ2n) is 7.69. The van der Waals surface area contributed by atoms with Crippen molar-refractivity contribution >= 4 is 11.7 Å². The van der Waals surface area contributed by atoms with E-state index in [2.05, 4.69) is 20.4 Å². The molecule has 31 heavy (non-hydrogen) atoms. The summed E-state index contributed by atoms with van der Waals surface area (Å²) in [5, 5.41) is 10.8. The number of piperidine rings is 1. The molecule has 1 atom stereocenters. The number of methoxy groups -OCH3 is 1. The van der Waals surface area contributed by atoms with Gasteiger partial charge in [0.2, 0.25) is 6.79 Å². The van der Waals surface area contributed by atoms with Crippen LogP contribution in [-0.4, -0.2) is 49.1 Å². The Balaban J connectivity index is 1.24. The van der Waals surface area contributed by atoms with E-state index in [0.29, 0.717) is 23.6 Å². The Morgan fingerprint density at radius 1 is 1.16 bits per heavy atom. The molecule has 1 saturated heterocycles. The minimum Gasteiger partial charge on any atom is -0.497 e. The van der Waals surface area contributed by atoms with Crippen molar-refractivity contribution in [3.63, 3.8) is 0 Å². The van der Waals surface area contributed by atoms with E-state index < -0.39 is 0 Å². The van der Waals surface area contributed by atoms with Crippen LogP contribution in [0.3, 0.4) is 0 Å². The third-order valence-corrected chi connectivity index (χ3v) is 5.68. The van der Waals surface area contributed by atoms with Crippen LogP contribution in [0.15, 0.2) is 48.5 Å².